The molecule has 0 aromatic heterocycles. The highest BCUT2D eigenvalue weighted by Crippen LogP contribution is 2.34. The van der Waals surface area contributed by atoms with Crippen LogP contribution in [0.15, 0.2) is 30.3 Å². The summed E-state index contributed by atoms with van der Waals surface area (Å²) in [6.45, 7) is 2.21. The zero-order chi connectivity index (χ0) is 18.6. The van der Waals surface area contributed by atoms with Gasteiger partial charge in [-0.25, -0.2) is 4.79 Å². The van der Waals surface area contributed by atoms with Gasteiger partial charge in [0.2, 0.25) is 0 Å². The molecule has 4 heteroatoms. The lowest BCUT2D eigenvalue weighted by molar-refractivity contribution is 0.164. The lowest BCUT2D eigenvalue weighted by atomic mass is 9.84. The molecule has 0 radical (unpaired) electrons. The molecule has 0 saturated heterocycles. The second-order valence-electron chi connectivity index (χ2n) is 7.46. The summed E-state index contributed by atoms with van der Waals surface area (Å²) in [6.07, 6.45) is 11.1. The highest BCUT2D eigenvalue weighted by atomic mass is 32.2. The molecule has 0 bridgehead atoms. The molecule has 1 aliphatic carbocycles. The molecule has 1 amide bonds. The van der Waals surface area contributed by atoms with Crippen LogP contribution in [-0.2, 0) is 10.5 Å². The summed E-state index contributed by atoms with van der Waals surface area (Å²) >= 11 is 2.01. The van der Waals surface area contributed by atoms with E-state index in [1.807, 2.05) is 11.8 Å². The molecule has 1 aromatic carbocycles. The standard InChI is InChI=1S/C22H35NO2S/c1-3-4-15-20(23-22(24)25-2)21(16-18-11-7-5-8-12-18)26-17-19-13-9-6-10-14-19/h6,9-10,13-14,18,20-21H,3-5,7-8,11-12,15-17H2,1-2H3,(H,23,24)/t20-,21+/m1/s1. The summed E-state index contributed by atoms with van der Waals surface area (Å²) in [4.78, 5) is 11.9. The van der Waals surface area contributed by atoms with E-state index in [1.54, 1.807) is 0 Å². The number of thioether (sulfide) groups is 1. The largest absolute Gasteiger partial charge is 0.453 e. The van der Waals surface area contributed by atoms with Crippen molar-refractivity contribution in [2.45, 2.75) is 81.8 Å². The van der Waals surface area contributed by atoms with Crippen molar-refractivity contribution in [1.82, 2.24) is 5.32 Å². The Balaban J connectivity index is 2.04. The third kappa shape index (κ3) is 7.61. The van der Waals surface area contributed by atoms with E-state index in [-0.39, 0.29) is 12.1 Å². The number of amides is 1. The smallest absolute Gasteiger partial charge is 0.407 e. The Morgan fingerprint density at radius 2 is 1.96 bits per heavy atom. The molecule has 1 fully saturated rings. The number of hydrogen-bond donors (Lipinski definition) is 1. The highest BCUT2D eigenvalue weighted by Gasteiger charge is 2.27. The first-order valence-electron chi connectivity index (χ1n) is 10.2. The van der Waals surface area contributed by atoms with Gasteiger partial charge in [0.05, 0.1) is 7.11 Å². The van der Waals surface area contributed by atoms with Gasteiger partial charge in [-0.15, -0.1) is 0 Å². The number of nitrogens with one attached hydrogen (secondary N) is 1. The molecule has 3 nitrogen and oxygen atoms in total. The molecular formula is C22H35NO2S. The zero-order valence-electron chi connectivity index (χ0n) is 16.4. The van der Waals surface area contributed by atoms with E-state index in [9.17, 15) is 4.79 Å². The van der Waals surface area contributed by atoms with Crippen LogP contribution >= 0.6 is 11.8 Å². The fraction of sp³-hybridized carbons (Fsp3) is 0.682. The van der Waals surface area contributed by atoms with Crippen molar-refractivity contribution in [2.75, 3.05) is 7.11 Å². The van der Waals surface area contributed by atoms with Crippen molar-refractivity contribution >= 4 is 17.9 Å². The molecular weight excluding hydrogens is 342 g/mol. The lowest BCUT2D eigenvalue weighted by Gasteiger charge is -2.32. The van der Waals surface area contributed by atoms with E-state index in [0.717, 1.165) is 30.9 Å². The summed E-state index contributed by atoms with van der Waals surface area (Å²) in [6, 6.07) is 10.9. The fourth-order valence-corrected chi connectivity index (χ4v) is 5.31. The van der Waals surface area contributed by atoms with Crippen molar-refractivity contribution in [3.8, 4) is 0 Å². The topological polar surface area (TPSA) is 38.3 Å². The van der Waals surface area contributed by atoms with Crippen LogP contribution in [0.25, 0.3) is 0 Å². The van der Waals surface area contributed by atoms with Gasteiger partial charge in [0.1, 0.15) is 0 Å². The van der Waals surface area contributed by atoms with Crippen LogP contribution in [0.5, 0.6) is 0 Å². The maximum Gasteiger partial charge on any atom is 0.407 e. The van der Waals surface area contributed by atoms with E-state index in [2.05, 4.69) is 42.6 Å². The van der Waals surface area contributed by atoms with Gasteiger partial charge in [0.25, 0.3) is 0 Å². The molecule has 2 rings (SSSR count). The summed E-state index contributed by atoms with van der Waals surface area (Å²) in [7, 11) is 1.46. The van der Waals surface area contributed by atoms with Crippen LogP contribution in [0, 0.1) is 5.92 Å². The molecule has 0 aliphatic heterocycles. The maximum atomic E-state index is 11.9. The average Bonchev–Trinajstić information content (AvgIpc) is 2.69. The number of benzene rings is 1. The van der Waals surface area contributed by atoms with E-state index in [4.69, 9.17) is 4.74 Å². The van der Waals surface area contributed by atoms with Crippen molar-refractivity contribution in [3.63, 3.8) is 0 Å². The fourth-order valence-electron chi connectivity index (χ4n) is 3.86. The predicted octanol–water partition coefficient (Wildman–Crippen LogP) is 6.17. The molecule has 0 unspecified atom stereocenters. The van der Waals surface area contributed by atoms with Crippen molar-refractivity contribution in [2.24, 2.45) is 5.92 Å². The van der Waals surface area contributed by atoms with Gasteiger partial charge in [-0.05, 0) is 24.3 Å². The molecule has 146 valence electrons. The maximum absolute atomic E-state index is 11.9. The molecule has 0 heterocycles. The molecule has 1 N–H and O–H groups in total. The molecule has 0 spiro atoms. The molecule has 1 aliphatic rings. The number of methoxy groups -OCH3 is 1. The average molecular weight is 378 g/mol. The van der Waals surface area contributed by atoms with Gasteiger partial charge in [0.15, 0.2) is 0 Å². The Hall–Kier alpha value is -1.16. The van der Waals surface area contributed by atoms with Crippen molar-refractivity contribution < 1.29 is 9.53 Å². The first-order valence-corrected chi connectivity index (χ1v) is 11.3. The number of alkyl carbamates (subject to hydrolysis) is 1. The minimum atomic E-state index is -0.292. The zero-order valence-corrected chi connectivity index (χ0v) is 17.2. The van der Waals surface area contributed by atoms with E-state index >= 15 is 0 Å². The first-order chi connectivity index (χ1) is 12.7. The van der Waals surface area contributed by atoms with Gasteiger partial charge in [-0.2, -0.15) is 11.8 Å². The third-order valence-electron chi connectivity index (χ3n) is 5.40. The Morgan fingerprint density at radius 3 is 2.62 bits per heavy atom. The summed E-state index contributed by atoms with van der Waals surface area (Å²) in [5.74, 6) is 1.81. The van der Waals surface area contributed by atoms with Crippen LogP contribution in [-0.4, -0.2) is 24.5 Å². The minimum absolute atomic E-state index is 0.193. The number of ether oxygens (including phenoxy) is 1. The Kier molecular flexibility index (Phi) is 9.98. The van der Waals surface area contributed by atoms with Crippen molar-refractivity contribution in [3.05, 3.63) is 35.9 Å². The lowest BCUT2D eigenvalue weighted by Crippen LogP contribution is -2.43. The van der Waals surface area contributed by atoms with Crippen LogP contribution in [0.1, 0.15) is 70.3 Å². The second kappa shape index (κ2) is 12.3. The minimum Gasteiger partial charge on any atom is -0.453 e. The molecule has 1 aromatic rings. The Morgan fingerprint density at radius 1 is 1.23 bits per heavy atom. The van der Waals surface area contributed by atoms with Crippen LogP contribution in [0.2, 0.25) is 0 Å². The quantitative estimate of drug-likeness (QED) is 0.529. The number of carbonyl (C=O) groups excluding carboxylic acids is 1. The van der Waals surface area contributed by atoms with Gasteiger partial charge in [0, 0.05) is 17.0 Å². The van der Waals surface area contributed by atoms with Crippen LogP contribution in [0.4, 0.5) is 4.79 Å². The summed E-state index contributed by atoms with van der Waals surface area (Å²) in [5, 5.41) is 3.59. The molecule has 2 atom stereocenters. The van der Waals surface area contributed by atoms with E-state index in [1.165, 1.54) is 51.2 Å². The number of carbonyl (C=O) groups is 1. The summed E-state index contributed by atoms with van der Waals surface area (Å²) < 4.78 is 4.90. The summed E-state index contributed by atoms with van der Waals surface area (Å²) in [5.41, 5.74) is 1.36. The van der Waals surface area contributed by atoms with Gasteiger partial charge >= 0.3 is 6.09 Å². The van der Waals surface area contributed by atoms with E-state index < -0.39 is 0 Å². The Bertz CT molecular complexity index is 502. The predicted molar refractivity (Wildman–Crippen MR) is 112 cm³/mol. The molecule has 1 saturated carbocycles. The van der Waals surface area contributed by atoms with Crippen molar-refractivity contribution in [1.29, 1.82) is 0 Å². The van der Waals surface area contributed by atoms with Gasteiger partial charge in [-0.1, -0.05) is 82.2 Å². The highest BCUT2D eigenvalue weighted by molar-refractivity contribution is 7.99. The normalized spacial score (nSPS) is 17.5. The molecule has 26 heavy (non-hydrogen) atoms. The number of rotatable bonds is 10. The second-order valence-corrected chi connectivity index (χ2v) is 8.69. The van der Waals surface area contributed by atoms with E-state index in [0.29, 0.717) is 5.25 Å². The Labute approximate surface area is 163 Å². The van der Waals surface area contributed by atoms with Crippen LogP contribution in [0.3, 0.4) is 0 Å². The number of hydrogen-bond acceptors (Lipinski definition) is 3. The number of unbranched alkanes of at least 4 members (excludes halogenated alkanes) is 1. The van der Waals surface area contributed by atoms with Crippen LogP contribution < -0.4 is 5.32 Å². The van der Waals surface area contributed by atoms with Gasteiger partial charge in [-0.3, -0.25) is 0 Å². The van der Waals surface area contributed by atoms with Gasteiger partial charge < -0.3 is 10.1 Å². The SMILES string of the molecule is CCCC[C@@H](NC(=O)OC)[C@H](CC1CCCCC1)SCc1ccccc1. The third-order valence-corrected chi connectivity index (χ3v) is 6.85. The monoisotopic (exact) mass is 377 g/mol. The first kappa shape index (κ1) is 21.1.